The van der Waals surface area contributed by atoms with E-state index in [0.717, 1.165) is 17.7 Å². The van der Waals surface area contributed by atoms with Crippen LogP contribution in [0.15, 0.2) is 42.5 Å². The second kappa shape index (κ2) is 7.49. The highest BCUT2D eigenvalue weighted by molar-refractivity contribution is 6.05. The minimum absolute atomic E-state index is 0.104. The van der Waals surface area contributed by atoms with Gasteiger partial charge in [-0.3, -0.25) is 4.79 Å². The molecule has 5 heteroatoms. The van der Waals surface area contributed by atoms with Crippen LogP contribution in [0.25, 0.3) is 0 Å². The van der Waals surface area contributed by atoms with Crippen molar-refractivity contribution in [2.45, 2.75) is 26.4 Å². The third-order valence-electron chi connectivity index (χ3n) is 4.09. The third-order valence-corrected chi connectivity index (χ3v) is 4.09. The summed E-state index contributed by atoms with van der Waals surface area (Å²) >= 11 is 0. The molecule has 0 saturated heterocycles. The molecule has 0 aliphatic heterocycles. The lowest BCUT2D eigenvalue weighted by atomic mass is 10.1. The summed E-state index contributed by atoms with van der Waals surface area (Å²) in [5.41, 5.74) is 2.82. The highest BCUT2D eigenvalue weighted by Gasteiger charge is 2.21. The van der Waals surface area contributed by atoms with Crippen LogP contribution < -0.4 is 5.32 Å². The average molecular weight is 339 g/mol. The fourth-order valence-corrected chi connectivity index (χ4v) is 2.61. The number of aryl methyl sites for hydroxylation is 1. The molecule has 2 N–H and O–H groups in total. The Balaban J connectivity index is 1.66. The number of carbonyl (C=O) groups is 2. The van der Waals surface area contributed by atoms with Gasteiger partial charge in [-0.1, -0.05) is 12.1 Å². The van der Waals surface area contributed by atoms with Gasteiger partial charge in [0.15, 0.2) is 0 Å². The Labute approximate surface area is 146 Å². The maximum absolute atomic E-state index is 12.4. The average Bonchev–Trinajstić information content (AvgIpc) is 3.39. The molecular weight excluding hydrogens is 318 g/mol. The van der Waals surface area contributed by atoms with E-state index in [2.05, 4.69) is 5.32 Å². The van der Waals surface area contributed by atoms with Gasteiger partial charge in [0.25, 0.3) is 5.91 Å². The van der Waals surface area contributed by atoms with Crippen LogP contribution in [0, 0.1) is 12.8 Å². The van der Waals surface area contributed by atoms with E-state index in [1.165, 1.54) is 25.0 Å². The van der Waals surface area contributed by atoms with Crippen LogP contribution in [0.3, 0.4) is 0 Å². The van der Waals surface area contributed by atoms with E-state index in [4.69, 9.17) is 9.84 Å². The Bertz CT molecular complexity index is 796. The monoisotopic (exact) mass is 339 g/mol. The van der Waals surface area contributed by atoms with Crippen molar-refractivity contribution in [3.8, 4) is 0 Å². The number of amides is 1. The Morgan fingerprint density at radius 2 is 1.92 bits per heavy atom. The quantitative estimate of drug-likeness (QED) is 0.803. The topological polar surface area (TPSA) is 75.6 Å². The zero-order chi connectivity index (χ0) is 17.8. The highest BCUT2D eigenvalue weighted by atomic mass is 16.5. The number of nitrogens with one attached hydrogen (secondary N) is 1. The largest absolute Gasteiger partial charge is 0.478 e. The number of benzene rings is 2. The molecule has 0 atom stereocenters. The van der Waals surface area contributed by atoms with Gasteiger partial charge in [0.1, 0.15) is 0 Å². The van der Waals surface area contributed by atoms with Gasteiger partial charge in [0.05, 0.1) is 12.2 Å². The minimum atomic E-state index is -1.05. The van der Waals surface area contributed by atoms with Crippen LogP contribution in [0.1, 0.15) is 44.7 Å². The molecule has 1 aliphatic carbocycles. The Morgan fingerprint density at radius 1 is 1.16 bits per heavy atom. The molecule has 2 aromatic rings. The third kappa shape index (κ3) is 4.90. The number of carboxylic acids is 1. The van der Waals surface area contributed by atoms with E-state index in [1.807, 2.05) is 18.2 Å². The number of hydrogen-bond donors (Lipinski definition) is 2. The van der Waals surface area contributed by atoms with Crippen LogP contribution in [0.4, 0.5) is 5.69 Å². The molecule has 1 aliphatic rings. The first-order valence-electron chi connectivity index (χ1n) is 8.34. The van der Waals surface area contributed by atoms with E-state index >= 15 is 0 Å². The van der Waals surface area contributed by atoms with Crippen LogP contribution in [-0.2, 0) is 11.3 Å². The van der Waals surface area contributed by atoms with Gasteiger partial charge in [0, 0.05) is 17.9 Å². The number of carboxylic acid groups (broad SMARTS) is 1. The van der Waals surface area contributed by atoms with Crippen LogP contribution in [0.2, 0.25) is 0 Å². The number of rotatable bonds is 7. The van der Waals surface area contributed by atoms with Gasteiger partial charge in [-0.25, -0.2) is 4.79 Å². The summed E-state index contributed by atoms with van der Waals surface area (Å²) < 4.78 is 5.67. The molecule has 0 spiro atoms. The van der Waals surface area contributed by atoms with Crippen molar-refractivity contribution < 1.29 is 19.4 Å². The van der Waals surface area contributed by atoms with Crippen molar-refractivity contribution in [1.82, 2.24) is 0 Å². The van der Waals surface area contributed by atoms with E-state index < -0.39 is 5.97 Å². The van der Waals surface area contributed by atoms with Crippen molar-refractivity contribution in [1.29, 1.82) is 0 Å². The molecule has 25 heavy (non-hydrogen) atoms. The number of anilines is 1. The van der Waals surface area contributed by atoms with Gasteiger partial charge in [-0.2, -0.15) is 0 Å². The molecule has 1 fully saturated rings. The maximum atomic E-state index is 12.4. The van der Waals surface area contributed by atoms with E-state index in [0.29, 0.717) is 23.8 Å². The second-order valence-corrected chi connectivity index (χ2v) is 6.51. The maximum Gasteiger partial charge on any atom is 0.335 e. The van der Waals surface area contributed by atoms with Gasteiger partial charge in [-0.15, -0.1) is 0 Å². The molecule has 1 amide bonds. The summed E-state index contributed by atoms with van der Waals surface area (Å²) in [6.07, 6.45) is 2.51. The summed E-state index contributed by atoms with van der Waals surface area (Å²) in [6.45, 7) is 3.08. The van der Waals surface area contributed by atoms with Gasteiger partial charge in [-0.05, 0) is 67.1 Å². The lowest BCUT2D eigenvalue weighted by Gasteiger charge is -2.09. The van der Waals surface area contributed by atoms with Gasteiger partial charge < -0.3 is 15.2 Å². The molecule has 0 radical (unpaired) electrons. The fraction of sp³-hybridized carbons (Fsp3) is 0.300. The summed E-state index contributed by atoms with van der Waals surface area (Å²) in [7, 11) is 0. The standard InChI is InChI=1S/C20H21NO4/c1-13-7-16(10-17(8-13)20(23)24)19(22)21-18-4-2-3-15(9-18)12-25-11-14-5-6-14/h2-4,7-10,14H,5-6,11-12H2,1H3,(H,21,22)(H,23,24). The number of aromatic carboxylic acids is 1. The number of carbonyl (C=O) groups excluding carboxylic acids is 1. The lowest BCUT2D eigenvalue weighted by molar-refractivity contribution is 0.0696. The number of hydrogen-bond acceptors (Lipinski definition) is 3. The summed E-state index contributed by atoms with van der Waals surface area (Å²) in [6, 6.07) is 12.1. The second-order valence-electron chi connectivity index (χ2n) is 6.51. The van der Waals surface area contributed by atoms with E-state index in [1.54, 1.807) is 19.1 Å². The molecule has 3 rings (SSSR count). The molecule has 0 bridgehead atoms. The zero-order valence-electron chi connectivity index (χ0n) is 14.1. The Kier molecular flexibility index (Phi) is 5.14. The molecule has 0 aromatic heterocycles. The predicted octanol–water partition coefficient (Wildman–Crippen LogP) is 3.87. The first-order valence-corrected chi connectivity index (χ1v) is 8.34. The van der Waals surface area contributed by atoms with Crippen molar-refractivity contribution in [3.05, 3.63) is 64.7 Å². The van der Waals surface area contributed by atoms with Gasteiger partial charge >= 0.3 is 5.97 Å². The lowest BCUT2D eigenvalue weighted by Crippen LogP contribution is -2.13. The molecule has 1 saturated carbocycles. The predicted molar refractivity (Wildman–Crippen MR) is 94.9 cm³/mol. The molecular formula is C20H21NO4. The molecule has 0 heterocycles. The number of ether oxygens (including phenoxy) is 1. The van der Waals surface area contributed by atoms with Crippen molar-refractivity contribution in [2.24, 2.45) is 5.92 Å². The molecule has 2 aromatic carbocycles. The highest BCUT2D eigenvalue weighted by Crippen LogP contribution is 2.29. The summed E-state index contributed by atoms with van der Waals surface area (Å²) in [5.74, 6) is -0.664. The summed E-state index contributed by atoms with van der Waals surface area (Å²) in [5, 5.41) is 11.9. The van der Waals surface area contributed by atoms with Crippen molar-refractivity contribution >= 4 is 17.6 Å². The van der Waals surface area contributed by atoms with Crippen molar-refractivity contribution in [2.75, 3.05) is 11.9 Å². The smallest absolute Gasteiger partial charge is 0.335 e. The van der Waals surface area contributed by atoms with Crippen LogP contribution in [-0.4, -0.2) is 23.6 Å². The molecule has 5 nitrogen and oxygen atoms in total. The van der Waals surface area contributed by atoms with Crippen LogP contribution in [0.5, 0.6) is 0 Å². The van der Waals surface area contributed by atoms with Gasteiger partial charge in [0.2, 0.25) is 0 Å². The normalized spacial score (nSPS) is 13.5. The SMILES string of the molecule is Cc1cc(C(=O)O)cc(C(=O)Nc2cccc(COCC3CC3)c2)c1. The first-order chi connectivity index (χ1) is 12.0. The van der Waals surface area contributed by atoms with E-state index in [-0.39, 0.29) is 11.5 Å². The molecule has 0 unspecified atom stereocenters. The summed E-state index contributed by atoms with van der Waals surface area (Å²) in [4.78, 5) is 23.6. The minimum Gasteiger partial charge on any atom is -0.478 e. The van der Waals surface area contributed by atoms with Crippen LogP contribution >= 0.6 is 0 Å². The zero-order valence-corrected chi connectivity index (χ0v) is 14.1. The first kappa shape index (κ1) is 17.2. The van der Waals surface area contributed by atoms with Crippen molar-refractivity contribution in [3.63, 3.8) is 0 Å². The Morgan fingerprint density at radius 3 is 2.64 bits per heavy atom. The molecule has 130 valence electrons. The van der Waals surface area contributed by atoms with E-state index in [9.17, 15) is 9.59 Å². The Hall–Kier alpha value is -2.66. The fourth-order valence-electron chi connectivity index (χ4n) is 2.61.